The molecule has 0 amide bonds. The van der Waals surface area contributed by atoms with Gasteiger partial charge in [-0.25, -0.2) is 0 Å². The first-order valence-corrected chi connectivity index (χ1v) is 6.77. The van der Waals surface area contributed by atoms with Gasteiger partial charge in [0.2, 0.25) is 0 Å². The van der Waals surface area contributed by atoms with Crippen molar-refractivity contribution >= 4 is 5.69 Å². The molecule has 0 fully saturated rings. The van der Waals surface area contributed by atoms with Crippen molar-refractivity contribution in [1.29, 1.82) is 0 Å². The van der Waals surface area contributed by atoms with Crippen LogP contribution in [0.25, 0.3) is 5.69 Å². The average molecular weight is 274 g/mol. The van der Waals surface area contributed by atoms with Crippen LogP contribution in [0.4, 0.5) is 5.69 Å². The van der Waals surface area contributed by atoms with Crippen LogP contribution in [-0.4, -0.2) is 33.5 Å². The SMILES string of the molecule is COC(C)(C)CC(C)Nc1cccc(-n2cnnc2)c1. The molecule has 1 unspecified atom stereocenters. The van der Waals surface area contributed by atoms with Crippen LogP contribution in [0.1, 0.15) is 27.2 Å². The summed E-state index contributed by atoms with van der Waals surface area (Å²) in [6.07, 6.45) is 4.31. The molecule has 1 heterocycles. The Morgan fingerprint density at radius 3 is 2.65 bits per heavy atom. The molecule has 1 aromatic heterocycles. The molecule has 0 saturated carbocycles. The van der Waals surface area contributed by atoms with Crippen LogP contribution in [0.2, 0.25) is 0 Å². The maximum atomic E-state index is 5.47. The molecule has 0 spiro atoms. The van der Waals surface area contributed by atoms with Gasteiger partial charge in [-0.15, -0.1) is 10.2 Å². The van der Waals surface area contributed by atoms with Gasteiger partial charge in [0, 0.05) is 18.8 Å². The third-order valence-electron chi connectivity index (χ3n) is 3.33. The van der Waals surface area contributed by atoms with Crippen molar-refractivity contribution in [3.8, 4) is 5.69 Å². The van der Waals surface area contributed by atoms with Crippen molar-refractivity contribution in [1.82, 2.24) is 14.8 Å². The van der Waals surface area contributed by atoms with Crippen LogP contribution in [-0.2, 0) is 4.74 Å². The first-order chi connectivity index (χ1) is 9.50. The Morgan fingerprint density at radius 2 is 2.00 bits per heavy atom. The monoisotopic (exact) mass is 274 g/mol. The lowest BCUT2D eigenvalue weighted by Gasteiger charge is -2.27. The molecule has 5 heteroatoms. The summed E-state index contributed by atoms with van der Waals surface area (Å²) >= 11 is 0. The molecular formula is C15H22N4O. The molecule has 2 aromatic rings. The zero-order valence-corrected chi connectivity index (χ0v) is 12.5. The predicted octanol–water partition coefficient (Wildman–Crippen LogP) is 2.88. The summed E-state index contributed by atoms with van der Waals surface area (Å²) in [6.45, 7) is 6.35. The second-order valence-corrected chi connectivity index (χ2v) is 5.63. The molecule has 0 saturated heterocycles. The van der Waals surface area contributed by atoms with Crippen LogP contribution in [0.3, 0.4) is 0 Å². The predicted molar refractivity (Wildman–Crippen MR) is 80.1 cm³/mol. The molecule has 1 N–H and O–H groups in total. The number of rotatable bonds is 6. The molecule has 5 nitrogen and oxygen atoms in total. The van der Waals surface area contributed by atoms with Crippen LogP contribution in [0.5, 0.6) is 0 Å². The highest BCUT2D eigenvalue weighted by atomic mass is 16.5. The summed E-state index contributed by atoms with van der Waals surface area (Å²) in [5, 5.41) is 11.1. The van der Waals surface area contributed by atoms with Gasteiger partial charge in [-0.05, 0) is 45.4 Å². The minimum Gasteiger partial charge on any atom is -0.382 e. The topological polar surface area (TPSA) is 52.0 Å². The van der Waals surface area contributed by atoms with Crippen molar-refractivity contribution in [2.75, 3.05) is 12.4 Å². The molecule has 20 heavy (non-hydrogen) atoms. The summed E-state index contributed by atoms with van der Waals surface area (Å²) in [4.78, 5) is 0. The molecule has 108 valence electrons. The fourth-order valence-corrected chi connectivity index (χ4v) is 2.25. The first kappa shape index (κ1) is 14.5. The van der Waals surface area contributed by atoms with E-state index in [-0.39, 0.29) is 5.60 Å². The van der Waals surface area contributed by atoms with Crippen molar-refractivity contribution in [3.05, 3.63) is 36.9 Å². The van der Waals surface area contributed by atoms with Gasteiger partial charge in [0.25, 0.3) is 0 Å². The lowest BCUT2D eigenvalue weighted by molar-refractivity contribution is 0.0128. The highest BCUT2D eigenvalue weighted by Gasteiger charge is 2.20. The summed E-state index contributed by atoms with van der Waals surface area (Å²) < 4.78 is 7.35. The van der Waals surface area contributed by atoms with Gasteiger partial charge in [-0.3, -0.25) is 4.57 Å². The number of ether oxygens (including phenoxy) is 1. The number of methoxy groups -OCH3 is 1. The first-order valence-electron chi connectivity index (χ1n) is 6.77. The molecule has 2 rings (SSSR count). The Labute approximate surface area is 120 Å². The number of hydrogen-bond donors (Lipinski definition) is 1. The summed E-state index contributed by atoms with van der Waals surface area (Å²) in [5.74, 6) is 0. The number of benzene rings is 1. The van der Waals surface area contributed by atoms with E-state index >= 15 is 0 Å². The summed E-state index contributed by atoms with van der Waals surface area (Å²) in [7, 11) is 1.75. The van der Waals surface area contributed by atoms with Gasteiger partial charge < -0.3 is 10.1 Å². The fourth-order valence-electron chi connectivity index (χ4n) is 2.25. The van der Waals surface area contributed by atoms with E-state index in [9.17, 15) is 0 Å². The third kappa shape index (κ3) is 3.81. The second-order valence-electron chi connectivity index (χ2n) is 5.63. The van der Waals surface area contributed by atoms with Gasteiger partial charge in [-0.1, -0.05) is 6.07 Å². The van der Waals surface area contributed by atoms with Crippen LogP contribution < -0.4 is 5.32 Å². The van der Waals surface area contributed by atoms with Gasteiger partial charge in [0.15, 0.2) is 0 Å². The molecule has 0 aliphatic carbocycles. The minimum atomic E-state index is -0.127. The van der Waals surface area contributed by atoms with E-state index in [1.807, 2.05) is 16.7 Å². The second kappa shape index (κ2) is 6.05. The van der Waals surface area contributed by atoms with E-state index in [0.717, 1.165) is 17.8 Å². The van der Waals surface area contributed by atoms with Crippen molar-refractivity contribution in [2.45, 2.75) is 38.8 Å². The third-order valence-corrected chi connectivity index (χ3v) is 3.33. The smallest absolute Gasteiger partial charge is 0.123 e. The number of aromatic nitrogens is 3. The highest BCUT2D eigenvalue weighted by Crippen LogP contribution is 2.20. The Kier molecular flexibility index (Phi) is 4.39. The Balaban J connectivity index is 2.05. The van der Waals surface area contributed by atoms with Gasteiger partial charge in [0.1, 0.15) is 12.7 Å². The Bertz CT molecular complexity index is 537. The standard InChI is InChI=1S/C15H22N4O/c1-12(9-15(2,3)20-4)18-13-6-5-7-14(8-13)19-10-16-17-11-19/h5-8,10-12,18H,9H2,1-4H3. The molecule has 0 bridgehead atoms. The Hall–Kier alpha value is -1.88. The van der Waals surface area contributed by atoms with Crippen LogP contribution in [0, 0.1) is 0 Å². The quantitative estimate of drug-likeness (QED) is 0.880. The number of nitrogens with zero attached hydrogens (tertiary/aromatic N) is 3. The number of anilines is 1. The van der Waals surface area contributed by atoms with Crippen molar-refractivity contribution in [3.63, 3.8) is 0 Å². The van der Waals surface area contributed by atoms with Crippen molar-refractivity contribution < 1.29 is 4.74 Å². The molecule has 1 atom stereocenters. The molecule has 1 aromatic carbocycles. The fraction of sp³-hybridized carbons (Fsp3) is 0.467. The molecule has 0 radical (unpaired) electrons. The minimum absolute atomic E-state index is 0.127. The lowest BCUT2D eigenvalue weighted by Crippen LogP contribution is -2.31. The zero-order chi connectivity index (χ0) is 14.6. The van der Waals surface area contributed by atoms with Gasteiger partial charge in [0.05, 0.1) is 11.3 Å². The van der Waals surface area contributed by atoms with E-state index in [1.54, 1.807) is 19.8 Å². The van der Waals surface area contributed by atoms with E-state index in [4.69, 9.17) is 4.74 Å². The normalized spacial score (nSPS) is 13.2. The van der Waals surface area contributed by atoms with E-state index < -0.39 is 0 Å². The number of hydrogen-bond acceptors (Lipinski definition) is 4. The zero-order valence-electron chi connectivity index (χ0n) is 12.5. The summed E-state index contributed by atoms with van der Waals surface area (Å²) in [5.41, 5.74) is 1.99. The molecular weight excluding hydrogens is 252 g/mol. The average Bonchev–Trinajstić information content (AvgIpc) is 2.92. The van der Waals surface area contributed by atoms with Gasteiger partial charge >= 0.3 is 0 Å². The van der Waals surface area contributed by atoms with E-state index in [1.165, 1.54) is 0 Å². The maximum absolute atomic E-state index is 5.47. The van der Waals surface area contributed by atoms with E-state index in [2.05, 4.69) is 48.4 Å². The number of nitrogens with one attached hydrogen (secondary N) is 1. The molecule has 0 aliphatic heterocycles. The van der Waals surface area contributed by atoms with Crippen molar-refractivity contribution in [2.24, 2.45) is 0 Å². The maximum Gasteiger partial charge on any atom is 0.123 e. The largest absolute Gasteiger partial charge is 0.382 e. The summed E-state index contributed by atoms with van der Waals surface area (Å²) in [6, 6.07) is 8.51. The van der Waals surface area contributed by atoms with Crippen LogP contribution in [0.15, 0.2) is 36.9 Å². The Morgan fingerprint density at radius 1 is 1.30 bits per heavy atom. The van der Waals surface area contributed by atoms with Crippen LogP contribution >= 0.6 is 0 Å². The lowest BCUT2D eigenvalue weighted by atomic mass is 9.99. The highest BCUT2D eigenvalue weighted by molar-refractivity contribution is 5.51. The van der Waals surface area contributed by atoms with E-state index in [0.29, 0.717) is 6.04 Å². The molecule has 0 aliphatic rings. The van der Waals surface area contributed by atoms with Gasteiger partial charge in [-0.2, -0.15) is 0 Å².